The van der Waals surface area contributed by atoms with E-state index in [2.05, 4.69) is 5.32 Å². The summed E-state index contributed by atoms with van der Waals surface area (Å²) in [5.74, 6) is -0.306. The van der Waals surface area contributed by atoms with Crippen molar-refractivity contribution in [1.82, 2.24) is 9.21 Å². The topological polar surface area (TPSA) is 69.7 Å². The standard InChI is InChI=1S/C19H20F3N3O3S/c20-19(21,22)15-5-4-6-16(13-15)23-14-18(26)24-9-11-25(12-10-24)29(27,28)17-7-2-1-3-8-17/h1-8,13,23H,9-12,14H2. The predicted octanol–water partition coefficient (Wildman–Crippen LogP) is 2.65. The summed E-state index contributed by atoms with van der Waals surface area (Å²) in [4.78, 5) is 14.1. The average molecular weight is 427 g/mol. The Labute approximate surface area is 167 Å². The molecular weight excluding hydrogens is 407 g/mol. The summed E-state index contributed by atoms with van der Waals surface area (Å²) in [6, 6.07) is 12.7. The molecular formula is C19H20F3N3O3S. The van der Waals surface area contributed by atoms with Crippen molar-refractivity contribution in [2.75, 3.05) is 38.0 Å². The van der Waals surface area contributed by atoms with E-state index in [0.717, 1.165) is 12.1 Å². The van der Waals surface area contributed by atoms with Gasteiger partial charge in [-0.15, -0.1) is 0 Å². The molecule has 0 aromatic heterocycles. The Morgan fingerprint density at radius 1 is 0.966 bits per heavy atom. The molecule has 29 heavy (non-hydrogen) atoms. The first-order chi connectivity index (χ1) is 13.7. The second-order valence-electron chi connectivity index (χ2n) is 6.53. The van der Waals surface area contributed by atoms with Gasteiger partial charge in [0.1, 0.15) is 0 Å². The van der Waals surface area contributed by atoms with Gasteiger partial charge in [0, 0.05) is 31.9 Å². The fraction of sp³-hybridized carbons (Fsp3) is 0.316. The van der Waals surface area contributed by atoms with Gasteiger partial charge in [0.15, 0.2) is 0 Å². The van der Waals surface area contributed by atoms with Gasteiger partial charge in [-0.2, -0.15) is 17.5 Å². The highest BCUT2D eigenvalue weighted by molar-refractivity contribution is 7.89. The van der Waals surface area contributed by atoms with E-state index in [0.29, 0.717) is 0 Å². The van der Waals surface area contributed by atoms with Crippen molar-refractivity contribution in [2.45, 2.75) is 11.1 Å². The van der Waals surface area contributed by atoms with Crippen LogP contribution in [0.1, 0.15) is 5.56 Å². The van der Waals surface area contributed by atoms with Crippen LogP contribution < -0.4 is 5.32 Å². The van der Waals surface area contributed by atoms with Crippen LogP contribution in [0.3, 0.4) is 0 Å². The molecule has 0 bridgehead atoms. The number of nitrogens with one attached hydrogen (secondary N) is 1. The van der Waals surface area contributed by atoms with E-state index in [1.807, 2.05) is 0 Å². The number of amides is 1. The third-order valence-electron chi connectivity index (χ3n) is 4.61. The minimum Gasteiger partial charge on any atom is -0.376 e. The van der Waals surface area contributed by atoms with E-state index >= 15 is 0 Å². The molecule has 0 saturated carbocycles. The summed E-state index contributed by atoms with van der Waals surface area (Å²) in [5.41, 5.74) is -0.604. The number of anilines is 1. The molecule has 156 valence electrons. The zero-order valence-electron chi connectivity index (χ0n) is 15.4. The van der Waals surface area contributed by atoms with Crippen molar-refractivity contribution in [1.29, 1.82) is 0 Å². The van der Waals surface area contributed by atoms with Crippen molar-refractivity contribution in [3.63, 3.8) is 0 Å². The van der Waals surface area contributed by atoms with E-state index in [9.17, 15) is 26.4 Å². The Hall–Kier alpha value is -2.59. The third kappa shape index (κ3) is 5.07. The van der Waals surface area contributed by atoms with Crippen LogP contribution in [0.4, 0.5) is 18.9 Å². The summed E-state index contributed by atoms with van der Waals surface area (Å²) in [6.07, 6.45) is -4.46. The fourth-order valence-electron chi connectivity index (χ4n) is 3.01. The number of benzene rings is 2. The second-order valence-corrected chi connectivity index (χ2v) is 8.47. The minimum atomic E-state index is -4.46. The first kappa shape index (κ1) is 21.1. The summed E-state index contributed by atoms with van der Waals surface area (Å²) in [7, 11) is -3.61. The highest BCUT2D eigenvalue weighted by atomic mass is 32.2. The number of rotatable bonds is 5. The van der Waals surface area contributed by atoms with Gasteiger partial charge in [-0.1, -0.05) is 24.3 Å². The first-order valence-electron chi connectivity index (χ1n) is 8.92. The van der Waals surface area contributed by atoms with Crippen LogP contribution in [-0.2, 0) is 21.0 Å². The number of carbonyl (C=O) groups is 1. The average Bonchev–Trinajstić information content (AvgIpc) is 2.72. The SMILES string of the molecule is O=C(CNc1cccc(C(F)(F)F)c1)N1CCN(S(=O)(=O)c2ccccc2)CC1. The molecule has 1 amide bonds. The Morgan fingerprint density at radius 2 is 1.62 bits per heavy atom. The largest absolute Gasteiger partial charge is 0.416 e. The molecule has 1 fully saturated rings. The van der Waals surface area contributed by atoms with Crippen molar-refractivity contribution in [3.8, 4) is 0 Å². The normalized spacial score (nSPS) is 15.9. The van der Waals surface area contributed by atoms with Crippen LogP contribution in [0.25, 0.3) is 0 Å². The van der Waals surface area contributed by atoms with E-state index in [4.69, 9.17) is 0 Å². The van der Waals surface area contributed by atoms with E-state index < -0.39 is 21.8 Å². The second kappa shape index (κ2) is 8.42. The van der Waals surface area contributed by atoms with Crippen molar-refractivity contribution in [3.05, 3.63) is 60.2 Å². The van der Waals surface area contributed by atoms with E-state index in [1.54, 1.807) is 18.2 Å². The summed E-state index contributed by atoms with van der Waals surface area (Å²) in [5, 5.41) is 2.70. The number of hydrogen-bond acceptors (Lipinski definition) is 4. The molecule has 2 aromatic rings. The Bertz CT molecular complexity index is 957. The van der Waals surface area contributed by atoms with Crippen LogP contribution in [0.2, 0.25) is 0 Å². The Balaban J connectivity index is 1.54. The van der Waals surface area contributed by atoms with Crippen molar-refractivity contribution >= 4 is 21.6 Å². The van der Waals surface area contributed by atoms with Gasteiger partial charge in [0.2, 0.25) is 15.9 Å². The van der Waals surface area contributed by atoms with Crippen LogP contribution >= 0.6 is 0 Å². The molecule has 1 saturated heterocycles. The van der Waals surface area contributed by atoms with Crippen LogP contribution in [-0.4, -0.2) is 56.3 Å². The van der Waals surface area contributed by atoms with Gasteiger partial charge in [0.05, 0.1) is 17.0 Å². The van der Waals surface area contributed by atoms with Gasteiger partial charge in [-0.05, 0) is 30.3 Å². The molecule has 0 atom stereocenters. The van der Waals surface area contributed by atoms with Gasteiger partial charge >= 0.3 is 6.18 Å². The number of hydrogen-bond donors (Lipinski definition) is 1. The molecule has 0 aliphatic carbocycles. The molecule has 1 heterocycles. The maximum Gasteiger partial charge on any atom is 0.416 e. The molecule has 0 radical (unpaired) electrons. The Kier molecular flexibility index (Phi) is 6.13. The van der Waals surface area contributed by atoms with E-state index in [1.165, 1.54) is 33.5 Å². The highest BCUT2D eigenvalue weighted by Gasteiger charge is 2.31. The van der Waals surface area contributed by atoms with Gasteiger partial charge in [0.25, 0.3) is 0 Å². The Morgan fingerprint density at radius 3 is 2.24 bits per heavy atom. The zero-order chi connectivity index (χ0) is 21.1. The lowest BCUT2D eigenvalue weighted by Crippen LogP contribution is -2.51. The zero-order valence-corrected chi connectivity index (χ0v) is 16.2. The van der Waals surface area contributed by atoms with Crippen molar-refractivity contribution < 1.29 is 26.4 Å². The summed E-state index contributed by atoms with van der Waals surface area (Å²) >= 11 is 0. The number of piperazine rings is 1. The maximum atomic E-state index is 12.8. The lowest BCUT2D eigenvalue weighted by Gasteiger charge is -2.34. The molecule has 3 rings (SSSR count). The molecule has 0 spiro atoms. The van der Waals surface area contributed by atoms with Crippen molar-refractivity contribution in [2.24, 2.45) is 0 Å². The molecule has 1 aliphatic rings. The quantitative estimate of drug-likeness (QED) is 0.797. The third-order valence-corrected chi connectivity index (χ3v) is 6.52. The number of alkyl halides is 3. The maximum absolute atomic E-state index is 12.8. The van der Waals surface area contributed by atoms with Gasteiger partial charge in [-0.25, -0.2) is 8.42 Å². The smallest absolute Gasteiger partial charge is 0.376 e. The minimum absolute atomic E-state index is 0.159. The number of halogens is 3. The molecule has 2 aromatic carbocycles. The first-order valence-corrected chi connectivity index (χ1v) is 10.4. The lowest BCUT2D eigenvalue weighted by atomic mass is 10.2. The summed E-state index contributed by atoms with van der Waals surface area (Å²) in [6.45, 7) is 0.579. The van der Waals surface area contributed by atoms with Gasteiger partial charge < -0.3 is 10.2 Å². The predicted molar refractivity (Wildman–Crippen MR) is 102 cm³/mol. The monoisotopic (exact) mass is 427 g/mol. The molecule has 10 heteroatoms. The van der Waals surface area contributed by atoms with E-state index in [-0.39, 0.29) is 49.2 Å². The lowest BCUT2D eigenvalue weighted by molar-refractivity contribution is -0.137. The van der Waals surface area contributed by atoms with Gasteiger partial charge in [-0.3, -0.25) is 4.79 Å². The molecule has 0 unspecified atom stereocenters. The fourth-order valence-corrected chi connectivity index (χ4v) is 4.46. The highest BCUT2D eigenvalue weighted by Crippen LogP contribution is 2.30. The summed E-state index contributed by atoms with van der Waals surface area (Å²) < 4.78 is 64.8. The molecule has 1 N–H and O–H groups in total. The molecule has 6 nitrogen and oxygen atoms in total. The van der Waals surface area contributed by atoms with Crippen LogP contribution in [0, 0.1) is 0 Å². The number of carbonyl (C=O) groups excluding carboxylic acids is 1. The number of nitrogens with zero attached hydrogens (tertiary/aromatic N) is 2. The molecule has 1 aliphatic heterocycles. The van der Waals surface area contributed by atoms with Crippen LogP contribution in [0.15, 0.2) is 59.5 Å². The number of sulfonamides is 1. The van der Waals surface area contributed by atoms with Crippen LogP contribution in [0.5, 0.6) is 0 Å².